The van der Waals surface area contributed by atoms with E-state index in [1.807, 2.05) is 0 Å². The molecule has 2 aliphatic carbocycles. The fraction of sp³-hybridized carbons (Fsp3) is 0.857. The molecule has 0 radical (unpaired) electrons. The molecule has 2 saturated carbocycles. The fourth-order valence-electron chi connectivity index (χ4n) is 3.37. The van der Waals surface area contributed by atoms with Crippen LogP contribution in [0.1, 0.15) is 51.9 Å². The first-order chi connectivity index (χ1) is 8.92. The molecule has 0 aromatic rings. The molecule has 4 N–H and O–H groups in total. The van der Waals surface area contributed by atoms with Gasteiger partial charge in [0.15, 0.2) is 0 Å². The third-order valence-corrected chi connectivity index (χ3v) is 5.16. The maximum absolute atomic E-state index is 12.1. The van der Waals surface area contributed by atoms with Crippen molar-refractivity contribution in [1.82, 2.24) is 5.32 Å². The van der Waals surface area contributed by atoms with E-state index in [1.165, 1.54) is 0 Å². The van der Waals surface area contributed by atoms with Crippen molar-refractivity contribution >= 4 is 11.9 Å². The highest BCUT2D eigenvalue weighted by Gasteiger charge is 2.46. The van der Waals surface area contributed by atoms with E-state index in [4.69, 9.17) is 5.73 Å². The summed E-state index contributed by atoms with van der Waals surface area (Å²) < 4.78 is 0. The molecule has 0 heterocycles. The number of aliphatic carboxylic acids is 1. The van der Waals surface area contributed by atoms with E-state index < -0.39 is 11.4 Å². The third kappa shape index (κ3) is 2.61. The van der Waals surface area contributed by atoms with Crippen molar-refractivity contribution in [3.63, 3.8) is 0 Å². The highest BCUT2D eigenvalue weighted by atomic mass is 16.4. The first kappa shape index (κ1) is 14.3. The van der Waals surface area contributed by atoms with Gasteiger partial charge < -0.3 is 16.2 Å². The summed E-state index contributed by atoms with van der Waals surface area (Å²) in [5, 5.41) is 12.3. The van der Waals surface area contributed by atoms with Gasteiger partial charge in [-0.05, 0) is 44.6 Å². The number of carboxylic acids is 1. The van der Waals surface area contributed by atoms with Crippen molar-refractivity contribution in [3.05, 3.63) is 0 Å². The normalized spacial score (nSPS) is 32.6. The van der Waals surface area contributed by atoms with Crippen LogP contribution in [0, 0.1) is 10.8 Å². The SMILES string of the molecule is CC1(C(=O)O)CCCC1NC(=O)CC1(CN)CCC1. The summed E-state index contributed by atoms with van der Waals surface area (Å²) in [6.45, 7) is 2.27. The van der Waals surface area contributed by atoms with Gasteiger partial charge in [0.25, 0.3) is 0 Å². The second kappa shape index (κ2) is 5.12. The Hall–Kier alpha value is -1.10. The zero-order valence-electron chi connectivity index (χ0n) is 11.6. The van der Waals surface area contributed by atoms with Crippen molar-refractivity contribution in [3.8, 4) is 0 Å². The van der Waals surface area contributed by atoms with Gasteiger partial charge in [-0.1, -0.05) is 12.8 Å². The molecular formula is C14H24N2O3. The molecule has 2 atom stereocenters. The average Bonchev–Trinajstić information content (AvgIpc) is 2.67. The molecule has 0 saturated heterocycles. The quantitative estimate of drug-likeness (QED) is 0.700. The molecule has 2 aliphatic rings. The van der Waals surface area contributed by atoms with E-state index >= 15 is 0 Å². The Kier molecular flexibility index (Phi) is 3.85. The highest BCUT2D eigenvalue weighted by molar-refractivity contribution is 5.80. The van der Waals surface area contributed by atoms with Gasteiger partial charge in [-0.15, -0.1) is 0 Å². The summed E-state index contributed by atoms with van der Waals surface area (Å²) in [5.41, 5.74) is 4.91. The Morgan fingerprint density at radius 1 is 1.32 bits per heavy atom. The van der Waals surface area contributed by atoms with Crippen LogP contribution < -0.4 is 11.1 Å². The van der Waals surface area contributed by atoms with Gasteiger partial charge in [-0.3, -0.25) is 9.59 Å². The third-order valence-electron chi connectivity index (χ3n) is 5.16. The summed E-state index contributed by atoms with van der Waals surface area (Å²) in [4.78, 5) is 23.5. The minimum Gasteiger partial charge on any atom is -0.481 e. The molecule has 5 nitrogen and oxygen atoms in total. The van der Waals surface area contributed by atoms with Crippen LogP contribution >= 0.6 is 0 Å². The number of hydrogen-bond acceptors (Lipinski definition) is 3. The monoisotopic (exact) mass is 268 g/mol. The molecule has 1 amide bonds. The summed E-state index contributed by atoms with van der Waals surface area (Å²) in [5.74, 6) is -0.850. The predicted octanol–water partition coefficient (Wildman–Crippen LogP) is 1.27. The smallest absolute Gasteiger partial charge is 0.311 e. The number of rotatable bonds is 5. The van der Waals surface area contributed by atoms with E-state index in [1.54, 1.807) is 6.92 Å². The van der Waals surface area contributed by atoms with Crippen LogP contribution in [0.25, 0.3) is 0 Å². The first-order valence-electron chi connectivity index (χ1n) is 7.15. The van der Waals surface area contributed by atoms with Crippen molar-refractivity contribution in [2.24, 2.45) is 16.6 Å². The Morgan fingerprint density at radius 2 is 2.00 bits per heavy atom. The van der Waals surface area contributed by atoms with Crippen LogP contribution in [0.15, 0.2) is 0 Å². The Morgan fingerprint density at radius 3 is 2.47 bits per heavy atom. The highest BCUT2D eigenvalue weighted by Crippen LogP contribution is 2.43. The molecule has 19 heavy (non-hydrogen) atoms. The van der Waals surface area contributed by atoms with Gasteiger partial charge in [0.1, 0.15) is 0 Å². The van der Waals surface area contributed by atoms with Gasteiger partial charge in [-0.25, -0.2) is 0 Å². The van der Waals surface area contributed by atoms with E-state index in [9.17, 15) is 14.7 Å². The van der Waals surface area contributed by atoms with Crippen LogP contribution in [0.5, 0.6) is 0 Å². The number of hydrogen-bond donors (Lipinski definition) is 3. The minimum atomic E-state index is -0.814. The van der Waals surface area contributed by atoms with E-state index in [0.29, 0.717) is 19.4 Å². The van der Waals surface area contributed by atoms with Crippen molar-refractivity contribution < 1.29 is 14.7 Å². The summed E-state index contributed by atoms with van der Waals surface area (Å²) in [7, 11) is 0. The molecule has 2 rings (SSSR count). The molecular weight excluding hydrogens is 244 g/mol. The number of amides is 1. The second-order valence-electron chi connectivity index (χ2n) is 6.47. The molecule has 108 valence electrons. The topological polar surface area (TPSA) is 92.4 Å². The number of nitrogens with two attached hydrogens (primary N) is 1. The second-order valence-corrected chi connectivity index (χ2v) is 6.47. The predicted molar refractivity (Wildman–Crippen MR) is 71.5 cm³/mol. The van der Waals surface area contributed by atoms with Crippen LogP contribution in [0.4, 0.5) is 0 Å². The number of carbonyl (C=O) groups is 2. The summed E-state index contributed by atoms with van der Waals surface area (Å²) >= 11 is 0. The maximum Gasteiger partial charge on any atom is 0.311 e. The van der Waals surface area contributed by atoms with Gasteiger partial charge in [-0.2, -0.15) is 0 Å². The average molecular weight is 268 g/mol. The summed E-state index contributed by atoms with van der Waals surface area (Å²) in [6.07, 6.45) is 5.85. The van der Waals surface area contributed by atoms with Gasteiger partial charge >= 0.3 is 5.97 Å². The fourth-order valence-corrected chi connectivity index (χ4v) is 3.37. The molecule has 2 fully saturated rings. The van der Waals surface area contributed by atoms with E-state index in [-0.39, 0.29) is 17.4 Å². The van der Waals surface area contributed by atoms with Gasteiger partial charge in [0.05, 0.1) is 5.41 Å². The molecule has 5 heteroatoms. The zero-order valence-corrected chi connectivity index (χ0v) is 11.6. The van der Waals surface area contributed by atoms with Crippen LogP contribution in [-0.2, 0) is 9.59 Å². The van der Waals surface area contributed by atoms with E-state index in [2.05, 4.69) is 5.32 Å². The minimum absolute atomic E-state index is 0.0255. The largest absolute Gasteiger partial charge is 0.481 e. The Bertz CT molecular complexity index is 373. The molecule has 0 aromatic heterocycles. The van der Waals surface area contributed by atoms with Crippen LogP contribution in [0.2, 0.25) is 0 Å². The van der Waals surface area contributed by atoms with E-state index in [0.717, 1.165) is 32.1 Å². The molecule has 2 unspecified atom stereocenters. The molecule has 0 bridgehead atoms. The Labute approximate surface area is 113 Å². The van der Waals surface area contributed by atoms with Gasteiger partial charge in [0.2, 0.25) is 5.91 Å². The first-order valence-corrected chi connectivity index (χ1v) is 7.15. The summed E-state index contributed by atoms with van der Waals surface area (Å²) in [6, 6.07) is -0.243. The molecule has 0 aromatic carbocycles. The van der Waals surface area contributed by atoms with Crippen molar-refractivity contribution in [2.45, 2.75) is 57.9 Å². The number of carboxylic acid groups (broad SMARTS) is 1. The number of nitrogens with one attached hydrogen (secondary N) is 1. The zero-order chi connectivity index (χ0) is 14.1. The Balaban J connectivity index is 1.93. The standard InChI is InChI=1S/C14H24N2O3/c1-13(12(18)19)5-2-4-10(13)16-11(17)8-14(9-15)6-3-7-14/h10H,2-9,15H2,1H3,(H,16,17)(H,18,19). The van der Waals surface area contributed by atoms with Crippen molar-refractivity contribution in [1.29, 1.82) is 0 Å². The molecule has 0 spiro atoms. The lowest BCUT2D eigenvalue weighted by Crippen LogP contribution is -2.49. The van der Waals surface area contributed by atoms with Crippen molar-refractivity contribution in [2.75, 3.05) is 6.54 Å². The maximum atomic E-state index is 12.1. The number of carbonyl (C=O) groups excluding carboxylic acids is 1. The lowest BCUT2D eigenvalue weighted by atomic mass is 9.66. The lowest BCUT2D eigenvalue weighted by molar-refractivity contribution is -0.149. The van der Waals surface area contributed by atoms with Gasteiger partial charge in [0, 0.05) is 12.5 Å². The van der Waals surface area contributed by atoms with Crippen LogP contribution in [0.3, 0.4) is 0 Å². The lowest BCUT2D eigenvalue weighted by Gasteiger charge is -2.41. The van der Waals surface area contributed by atoms with Crippen LogP contribution in [-0.4, -0.2) is 29.6 Å². The molecule has 0 aliphatic heterocycles.